The Bertz CT molecular complexity index is 716. The SMILES string of the molecule is C=CCNc1ccc(NS(=O)(=O)c2c(C)noc2C)cn1. The Balaban J connectivity index is 2.19. The molecular formula is C13H16N4O3S. The normalized spacial score (nSPS) is 11.1. The van der Waals surface area contributed by atoms with Gasteiger partial charge in [0.2, 0.25) is 0 Å². The second-order valence-corrected chi connectivity index (χ2v) is 5.98. The van der Waals surface area contributed by atoms with E-state index in [4.69, 9.17) is 4.52 Å². The fraction of sp³-hybridized carbons (Fsp3) is 0.231. The molecule has 2 aromatic heterocycles. The zero-order valence-corrected chi connectivity index (χ0v) is 12.6. The van der Waals surface area contributed by atoms with Crippen LogP contribution in [-0.2, 0) is 10.0 Å². The smallest absolute Gasteiger partial charge is 0.267 e. The van der Waals surface area contributed by atoms with E-state index in [1.165, 1.54) is 6.20 Å². The van der Waals surface area contributed by atoms with Gasteiger partial charge >= 0.3 is 0 Å². The monoisotopic (exact) mass is 308 g/mol. The molecule has 0 aliphatic rings. The van der Waals surface area contributed by atoms with Gasteiger partial charge in [-0.1, -0.05) is 11.2 Å². The van der Waals surface area contributed by atoms with E-state index >= 15 is 0 Å². The first-order chi connectivity index (χ1) is 9.94. The van der Waals surface area contributed by atoms with Crippen molar-refractivity contribution in [2.24, 2.45) is 0 Å². The van der Waals surface area contributed by atoms with Gasteiger partial charge in [-0.3, -0.25) is 4.72 Å². The molecule has 112 valence electrons. The summed E-state index contributed by atoms with van der Waals surface area (Å²) in [5.74, 6) is 0.882. The predicted octanol–water partition coefficient (Wildman–Crippen LogP) is 2.09. The molecule has 2 aromatic rings. The summed E-state index contributed by atoms with van der Waals surface area (Å²) < 4.78 is 31.9. The quantitative estimate of drug-likeness (QED) is 0.793. The summed E-state index contributed by atoms with van der Waals surface area (Å²) in [6.45, 7) is 7.30. The molecule has 0 unspecified atom stereocenters. The van der Waals surface area contributed by atoms with Crippen LogP contribution >= 0.6 is 0 Å². The third-order valence-electron chi connectivity index (χ3n) is 2.68. The van der Waals surface area contributed by atoms with Crippen molar-refractivity contribution in [2.75, 3.05) is 16.6 Å². The minimum Gasteiger partial charge on any atom is -0.367 e. The third kappa shape index (κ3) is 3.40. The lowest BCUT2D eigenvalue weighted by atomic mass is 10.4. The van der Waals surface area contributed by atoms with E-state index in [1.807, 2.05) is 0 Å². The van der Waals surface area contributed by atoms with Crippen molar-refractivity contribution in [2.45, 2.75) is 18.7 Å². The van der Waals surface area contributed by atoms with Crippen molar-refractivity contribution in [3.8, 4) is 0 Å². The van der Waals surface area contributed by atoms with Gasteiger partial charge in [-0.25, -0.2) is 13.4 Å². The molecular weight excluding hydrogens is 292 g/mol. The van der Waals surface area contributed by atoms with E-state index in [1.54, 1.807) is 32.1 Å². The molecule has 0 saturated carbocycles. The van der Waals surface area contributed by atoms with E-state index in [2.05, 4.69) is 26.8 Å². The molecule has 0 aliphatic heterocycles. The Morgan fingerprint density at radius 1 is 1.38 bits per heavy atom. The molecule has 21 heavy (non-hydrogen) atoms. The van der Waals surface area contributed by atoms with E-state index in [9.17, 15) is 8.42 Å². The highest BCUT2D eigenvalue weighted by atomic mass is 32.2. The molecule has 0 aromatic carbocycles. The fourth-order valence-electron chi connectivity index (χ4n) is 1.80. The summed E-state index contributed by atoms with van der Waals surface area (Å²) in [5, 5.41) is 6.64. The lowest BCUT2D eigenvalue weighted by molar-refractivity contribution is 0.390. The average molecular weight is 308 g/mol. The number of pyridine rings is 1. The molecule has 0 bridgehead atoms. The summed E-state index contributed by atoms with van der Waals surface area (Å²) in [6, 6.07) is 3.29. The average Bonchev–Trinajstić information content (AvgIpc) is 2.77. The van der Waals surface area contributed by atoms with E-state index in [-0.39, 0.29) is 10.7 Å². The zero-order valence-electron chi connectivity index (χ0n) is 11.8. The Morgan fingerprint density at radius 3 is 2.67 bits per heavy atom. The number of nitrogens with zero attached hydrogens (tertiary/aromatic N) is 2. The lowest BCUT2D eigenvalue weighted by Gasteiger charge is -2.08. The maximum absolute atomic E-state index is 12.3. The van der Waals surface area contributed by atoms with Gasteiger partial charge in [-0.2, -0.15) is 0 Å². The van der Waals surface area contributed by atoms with Crippen molar-refractivity contribution in [1.82, 2.24) is 10.1 Å². The highest BCUT2D eigenvalue weighted by Gasteiger charge is 2.24. The first kappa shape index (κ1) is 15.0. The number of aryl methyl sites for hydroxylation is 2. The summed E-state index contributed by atoms with van der Waals surface area (Å²) in [4.78, 5) is 4.15. The minimum absolute atomic E-state index is 0.0522. The number of rotatable bonds is 6. The lowest BCUT2D eigenvalue weighted by Crippen LogP contribution is -2.14. The second-order valence-electron chi connectivity index (χ2n) is 4.36. The van der Waals surface area contributed by atoms with Gasteiger partial charge in [0.15, 0.2) is 10.7 Å². The maximum atomic E-state index is 12.3. The molecule has 7 nitrogen and oxygen atoms in total. The van der Waals surface area contributed by atoms with Crippen LogP contribution in [0.5, 0.6) is 0 Å². The van der Waals surface area contributed by atoms with E-state index in [0.29, 0.717) is 23.7 Å². The van der Waals surface area contributed by atoms with Gasteiger partial charge in [-0.15, -0.1) is 6.58 Å². The number of sulfonamides is 1. The van der Waals surface area contributed by atoms with Crippen LogP contribution in [0.25, 0.3) is 0 Å². The number of hydrogen-bond donors (Lipinski definition) is 2. The van der Waals surface area contributed by atoms with Crippen LogP contribution in [-0.4, -0.2) is 25.1 Å². The van der Waals surface area contributed by atoms with Crippen LogP contribution in [0.15, 0.2) is 40.4 Å². The molecule has 2 N–H and O–H groups in total. The first-order valence-electron chi connectivity index (χ1n) is 6.20. The van der Waals surface area contributed by atoms with Crippen molar-refractivity contribution in [3.05, 3.63) is 42.4 Å². The van der Waals surface area contributed by atoms with Gasteiger partial charge in [0.05, 0.1) is 11.9 Å². The van der Waals surface area contributed by atoms with Crippen LogP contribution in [0.1, 0.15) is 11.5 Å². The van der Waals surface area contributed by atoms with E-state index < -0.39 is 10.0 Å². The second kappa shape index (κ2) is 5.96. The van der Waals surface area contributed by atoms with Crippen LogP contribution < -0.4 is 10.0 Å². The predicted molar refractivity (Wildman–Crippen MR) is 79.7 cm³/mol. The van der Waals surface area contributed by atoms with Crippen LogP contribution in [0.3, 0.4) is 0 Å². The van der Waals surface area contributed by atoms with Gasteiger partial charge in [0, 0.05) is 6.54 Å². The van der Waals surface area contributed by atoms with Crippen LogP contribution in [0, 0.1) is 13.8 Å². The topological polar surface area (TPSA) is 97.1 Å². The number of nitrogens with one attached hydrogen (secondary N) is 2. The molecule has 8 heteroatoms. The van der Waals surface area contributed by atoms with Crippen molar-refractivity contribution in [3.63, 3.8) is 0 Å². The van der Waals surface area contributed by atoms with Gasteiger partial charge in [-0.05, 0) is 26.0 Å². The van der Waals surface area contributed by atoms with Crippen LogP contribution in [0.4, 0.5) is 11.5 Å². The molecule has 0 amide bonds. The standard InChI is InChI=1S/C13H16N4O3S/c1-4-7-14-12-6-5-11(8-15-12)17-21(18,19)13-9(2)16-20-10(13)3/h4-6,8,17H,1,7H2,2-3H3,(H,14,15). The number of anilines is 2. The van der Waals surface area contributed by atoms with Gasteiger partial charge in [0.25, 0.3) is 10.0 Å². The van der Waals surface area contributed by atoms with Crippen molar-refractivity contribution >= 4 is 21.5 Å². The minimum atomic E-state index is -3.74. The highest BCUT2D eigenvalue weighted by molar-refractivity contribution is 7.92. The van der Waals surface area contributed by atoms with Crippen LogP contribution in [0.2, 0.25) is 0 Å². The highest BCUT2D eigenvalue weighted by Crippen LogP contribution is 2.22. The van der Waals surface area contributed by atoms with Gasteiger partial charge < -0.3 is 9.84 Å². The van der Waals surface area contributed by atoms with Crippen molar-refractivity contribution in [1.29, 1.82) is 0 Å². The first-order valence-corrected chi connectivity index (χ1v) is 7.69. The summed E-state index contributed by atoms with van der Waals surface area (Å²) in [6.07, 6.45) is 3.14. The van der Waals surface area contributed by atoms with Crippen molar-refractivity contribution < 1.29 is 12.9 Å². The molecule has 2 rings (SSSR count). The molecule has 0 fully saturated rings. The summed E-state index contributed by atoms with van der Waals surface area (Å²) in [5.41, 5.74) is 0.677. The Kier molecular flexibility index (Phi) is 4.27. The molecule has 0 spiro atoms. The molecule has 2 heterocycles. The fourth-order valence-corrected chi connectivity index (χ4v) is 3.17. The molecule has 0 radical (unpaired) electrons. The number of aromatic nitrogens is 2. The Morgan fingerprint density at radius 2 is 2.14 bits per heavy atom. The molecule has 0 saturated heterocycles. The summed E-state index contributed by atoms with van der Waals surface area (Å²) >= 11 is 0. The summed E-state index contributed by atoms with van der Waals surface area (Å²) in [7, 11) is -3.74. The third-order valence-corrected chi connectivity index (χ3v) is 4.30. The van der Waals surface area contributed by atoms with Gasteiger partial charge in [0.1, 0.15) is 11.5 Å². The largest absolute Gasteiger partial charge is 0.367 e. The molecule has 0 atom stereocenters. The van der Waals surface area contributed by atoms with E-state index in [0.717, 1.165) is 0 Å². The maximum Gasteiger partial charge on any atom is 0.267 e. The Labute approximate surface area is 123 Å². The number of hydrogen-bond acceptors (Lipinski definition) is 6. The Hall–Kier alpha value is -2.35. The molecule has 0 aliphatic carbocycles. The zero-order chi connectivity index (χ0) is 15.5.